The van der Waals surface area contributed by atoms with Crippen LogP contribution in [-0.2, 0) is 14.6 Å². The smallest absolute Gasteiger partial charge is 0.253 e. The SMILES string of the molecule is COc1ccc(C(=O)N(C)CCC2CCCCO2)cc1S(C)(=O)=O. The van der Waals surface area contributed by atoms with Gasteiger partial charge >= 0.3 is 0 Å². The number of ether oxygens (including phenoxy) is 2. The van der Waals surface area contributed by atoms with Crippen molar-refractivity contribution in [2.24, 2.45) is 0 Å². The van der Waals surface area contributed by atoms with Gasteiger partial charge in [0.1, 0.15) is 10.6 Å². The van der Waals surface area contributed by atoms with Crippen LogP contribution in [0.5, 0.6) is 5.75 Å². The Balaban J connectivity index is 2.08. The zero-order chi connectivity index (χ0) is 17.7. The molecule has 1 aromatic carbocycles. The van der Waals surface area contributed by atoms with Gasteiger partial charge in [-0.2, -0.15) is 0 Å². The van der Waals surface area contributed by atoms with Gasteiger partial charge in [-0.3, -0.25) is 4.79 Å². The van der Waals surface area contributed by atoms with Crippen molar-refractivity contribution in [2.45, 2.75) is 36.7 Å². The summed E-state index contributed by atoms with van der Waals surface area (Å²) in [4.78, 5) is 14.2. The van der Waals surface area contributed by atoms with Crippen molar-refractivity contribution in [3.63, 3.8) is 0 Å². The summed E-state index contributed by atoms with van der Waals surface area (Å²) in [6.45, 7) is 1.36. The summed E-state index contributed by atoms with van der Waals surface area (Å²) in [6.07, 6.45) is 5.39. The molecule has 1 amide bonds. The van der Waals surface area contributed by atoms with E-state index in [-0.39, 0.29) is 22.7 Å². The Labute approximate surface area is 143 Å². The summed E-state index contributed by atoms with van der Waals surface area (Å²) in [5.41, 5.74) is 0.336. The van der Waals surface area contributed by atoms with E-state index in [0.717, 1.165) is 32.1 Å². The maximum absolute atomic E-state index is 12.5. The molecular weight excluding hydrogens is 330 g/mol. The summed E-state index contributed by atoms with van der Waals surface area (Å²) < 4.78 is 34.5. The van der Waals surface area contributed by atoms with Gasteiger partial charge in [0.25, 0.3) is 5.91 Å². The highest BCUT2D eigenvalue weighted by Gasteiger charge is 2.20. The van der Waals surface area contributed by atoms with Gasteiger partial charge in [-0.15, -0.1) is 0 Å². The van der Waals surface area contributed by atoms with Gasteiger partial charge in [-0.1, -0.05) is 0 Å². The third kappa shape index (κ3) is 4.70. The molecule has 1 aromatic rings. The molecule has 1 saturated heterocycles. The van der Waals surface area contributed by atoms with Crippen LogP contribution in [0, 0.1) is 0 Å². The van der Waals surface area contributed by atoms with Gasteiger partial charge < -0.3 is 14.4 Å². The summed E-state index contributed by atoms with van der Waals surface area (Å²) in [5, 5.41) is 0. The molecule has 1 aliphatic heterocycles. The fraction of sp³-hybridized carbons (Fsp3) is 0.588. The van der Waals surface area contributed by atoms with E-state index in [2.05, 4.69) is 0 Å². The van der Waals surface area contributed by atoms with Crippen LogP contribution in [0.25, 0.3) is 0 Å². The van der Waals surface area contributed by atoms with E-state index < -0.39 is 9.84 Å². The lowest BCUT2D eigenvalue weighted by Gasteiger charge is -2.25. The van der Waals surface area contributed by atoms with E-state index >= 15 is 0 Å². The first-order valence-corrected chi connectivity index (χ1v) is 9.97. The van der Waals surface area contributed by atoms with Crippen molar-refractivity contribution in [2.75, 3.05) is 33.6 Å². The van der Waals surface area contributed by atoms with E-state index in [1.807, 2.05) is 0 Å². The molecule has 0 N–H and O–H groups in total. The van der Waals surface area contributed by atoms with Crippen LogP contribution in [0.4, 0.5) is 0 Å². The van der Waals surface area contributed by atoms with Crippen LogP contribution in [0.3, 0.4) is 0 Å². The average Bonchev–Trinajstić information content (AvgIpc) is 2.58. The monoisotopic (exact) mass is 355 g/mol. The molecule has 1 aliphatic rings. The predicted octanol–water partition coefficient (Wildman–Crippen LogP) is 2.13. The van der Waals surface area contributed by atoms with Crippen LogP contribution in [0.15, 0.2) is 23.1 Å². The van der Waals surface area contributed by atoms with Crippen molar-refractivity contribution in [1.82, 2.24) is 4.90 Å². The highest BCUT2D eigenvalue weighted by atomic mass is 32.2. The van der Waals surface area contributed by atoms with E-state index in [4.69, 9.17) is 9.47 Å². The topological polar surface area (TPSA) is 72.9 Å². The van der Waals surface area contributed by atoms with Crippen molar-refractivity contribution in [1.29, 1.82) is 0 Å². The van der Waals surface area contributed by atoms with Gasteiger partial charge in [-0.05, 0) is 43.9 Å². The minimum absolute atomic E-state index is 0.0277. The molecule has 0 bridgehead atoms. The number of sulfone groups is 1. The first kappa shape index (κ1) is 18.7. The molecule has 2 rings (SSSR count). The Bertz CT molecular complexity index is 680. The highest BCUT2D eigenvalue weighted by Crippen LogP contribution is 2.25. The molecule has 1 unspecified atom stereocenters. The number of methoxy groups -OCH3 is 1. The number of carbonyl (C=O) groups excluding carboxylic acids is 1. The Morgan fingerprint density at radius 1 is 1.38 bits per heavy atom. The van der Waals surface area contributed by atoms with Crippen molar-refractivity contribution < 1.29 is 22.7 Å². The first-order chi connectivity index (χ1) is 11.3. The van der Waals surface area contributed by atoms with Crippen LogP contribution >= 0.6 is 0 Å². The summed E-state index contributed by atoms with van der Waals surface area (Å²) in [6, 6.07) is 4.48. The Morgan fingerprint density at radius 2 is 2.12 bits per heavy atom. The van der Waals surface area contributed by atoms with E-state index in [1.165, 1.54) is 25.7 Å². The molecule has 0 radical (unpaired) electrons. The van der Waals surface area contributed by atoms with Gasteiger partial charge in [0.05, 0.1) is 13.2 Å². The minimum atomic E-state index is -3.47. The summed E-state index contributed by atoms with van der Waals surface area (Å²) in [7, 11) is -0.350. The number of carbonyl (C=O) groups is 1. The summed E-state index contributed by atoms with van der Waals surface area (Å²) in [5.74, 6) is 0.0330. The Kier molecular flexibility index (Phi) is 6.23. The number of hydrogen-bond acceptors (Lipinski definition) is 5. The highest BCUT2D eigenvalue weighted by molar-refractivity contribution is 7.90. The minimum Gasteiger partial charge on any atom is -0.495 e. The van der Waals surface area contributed by atoms with Crippen LogP contribution in [-0.4, -0.2) is 58.9 Å². The van der Waals surface area contributed by atoms with Crippen LogP contribution in [0.1, 0.15) is 36.0 Å². The second-order valence-corrected chi connectivity index (χ2v) is 8.13. The lowest BCUT2D eigenvalue weighted by Crippen LogP contribution is -2.31. The molecule has 1 fully saturated rings. The standard InChI is InChI=1S/C17H25NO5S/c1-18(10-9-14-6-4-5-11-23-14)17(19)13-7-8-15(22-2)16(12-13)24(3,20)21/h7-8,12,14H,4-6,9-11H2,1-3H3. The largest absolute Gasteiger partial charge is 0.495 e. The summed E-state index contributed by atoms with van der Waals surface area (Å²) >= 11 is 0. The van der Waals surface area contributed by atoms with E-state index in [9.17, 15) is 13.2 Å². The third-order valence-electron chi connectivity index (χ3n) is 4.22. The average molecular weight is 355 g/mol. The van der Waals surface area contributed by atoms with E-state index in [0.29, 0.717) is 12.1 Å². The molecular formula is C17H25NO5S. The molecule has 1 heterocycles. The number of rotatable bonds is 6. The molecule has 0 aromatic heterocycles. The number of hydrogen-bond donors (Lipinski definition) is 0. The third-order valence-corrected chi connectivity index (χ3v) is 5.34. The molecule has 24 heavy (non-hydrogen) atoms. The molecule has 6 nitrogen and oxygen atoms in total. The zero-order valence-electron chi connectivity index (χ0n) is 14.4. The fourth-order valence-electron chi connectivity index (χ4n) is 2.79. The van der Waals surface area contributed by atoms with Crippen molar-refractivity contribution in [3.05, 3.63) is 23.8 Å². The van der Waals surface area contributed by atoms with Crippen LogP contribution in [0.2, 0.25) is 0 Å². The zero-order valence-corrected chi connectivity index (χ0v) is 15.3. The Hall–Kier alpha value is -1.60. The van der Waals surface area contributed by atoms with Gasteiger partial charge in [0, 0.05) is 32.0 Å². The predicted molar refractivity (Wildman–Crippen MR) is 91.3 cm³/mol. The second kappa shape index (κ2) is 7.98. The molecule has 0 aliphatic carbocycles. The maximum Gasteiger partial charge on any atom is 0.253 e. The molecule has 1 atom stereocenters. The van der Waals surface area contributed by atoms with Gasteiger partial charge in [0.2, 0.25) is 0 Å². The maximum atomic E-state index is 12.5. The quantitative estimate of drug-likeness (QED) is 0.782. The second-order valence-electron chi connectivity index (χ2n) is 6.14. The lowest BCUT2D eigenvalue weighted by atomic mass is 10.1. The van der Waals surface area contributed by atoms with Gasteiger partial charge in [-0.25, -0.2) is 8.42 Å². The number of nitrogens with zero attached hydrogens (tertiary/aromatic N) is 1. The lowest BCUT2D eigenvalue weighted by molar-refractivity contribution is 0.00709. The first-order valence-electron chi connectivity index (χ1n) is 8.08. The normalized spacial score (nSPS) is 18.2. The molecule has 134 valence electrons. The van der Waals surface area contributed by atoms with Gasteiger partial charge in [0.15, 0.2) is 9.84 Å². The van der Waals surface area contributed by atoms with E-state index in [1.54, 1.807) is 18.0 Å². The van der Waals surface area contributed by atoms with Crippen molar-refractivity contribution in [3.8, 4) is 5.75 Å². The van der Waals surface area contributed by atoms with Crippen LogP contribution < -0.4 is 4.74 Å². The number of amides is 1. The molecule has 0 spiro atoms. The Morgan fingerprint density at radius 3 is 2.71 bits per heavy atom. The fourth-order valence-corrected chi connectivity index (χ4v) is 3.65. The number of benzene rings is 1. The van der Waals surface area contributed by atoms with Crippen molar-refractivity contribution >= 4 is 15.7 Å². The molecule has 7 heteroatoms. The molecule has 0 saturated carbocycles.